The minimum absolute atomic E-state index is 0.0337. The Hall–Kier alpha value is -2.42. The first-order chi connectivity index (χ1) is 10.1. The van der Waals surface area contributed by atoms with Gasteiger partial charge in [0.25, 0.3) is 0 Å². The molecule has 0 bridgehead atoms. The summed E-state index contributed by atoms with van der Waals surface area (Å²) in [4.78, 5) is 24.1. The minimum Gasteiger partial charge on any atom is -0.448 e. The molecule has 106 valence electrons. The monoisotopic (exact) mass is 280 g/mol. The van der Waals surface area contributed by atoms with E-state index in [9.17, 15) is 9.59 Å². The zero-order valence-electron chi connectivity index (χ0n) is 11.8. The Bertz CT molecular complexity index is 622. The van der Waals surface area contributed by atoms with Crippen LogP contribution in [0.1, 0.15) is 24.5 Å². The Labute approximate surface area is 123 Å². The summed E-state index contributed by atoms with van der Waals surface area (Å²) < 4.78 is 5.74. The molecule has 0 radical (unpaired) electrons. The van der Waals surface area contributed by atoms with Crippen LogP contribution in [0, 0.1) is 5.92 Å². The third-order valence-corrected chi connectivity index (χ3v) is 4.03. The number of carbonyl (C=O) groups excluding carboxylic acids is 2. The molecule has 1 heterocycles. The molecule has 3 nitrogen and oxygen atoms in total. The molecule has 3 heteroatoms. The van der Waals surface area contributed by atoms with Crippen LogP contribution in [-0.2, 0) is 19.9 Å². The van der Waals surface area contributed by atoms with Crippen LogP contribution in [0.4, 0.5) is 0 Å². The van der Waals surface area contributed by atoms with Gasteiger partial charge in [-0.05, 0) is 6.92 Å². The van der Waals surface area contributed by atoms with Crippen molar-refractivity contribution in [3.05, 3.63) is 71.8 Å². The molecule has 2 aromatic carbocycles. The molecule has 0 saturated carbocycles. The molecule has 0 aromatic heterocycles. The highest BCUT2D eigenvalue weighted by molar-refractivity contribution is 5.89. The molecule has 1 atom stereocenters. The summed E-state index contributed by atoms with van der Waals surface area (Å²) in [6.07, 6.45) is 0.124. The van der Waals surface area contributed by atoms with Crippen LogP contribution in [0.3, 0.4) is 0 Å². The van der Waals surface area contributed by atoms with Gasteiger partial charge in [0.2, 0.25) is 0 Å². The normalized spacial score (nSPS) is 20.0. The molecule has 1 fully saturated rings. The van der Waals surface area contributed by atoms with E-state index < -0.39 is 11.5 Å². The van der Waals surface area contributed by atoms with Gasteiger partial charge >= 0.3 is 5.97 Å². The fourth-order valence-corrected chi connectivity index (χ4v) is 3.09. The average Bonchev–Trinajstić information content (AvgIpc) is 2.88. The topological polar surface area (TPSA) is 43.4 Å². The molecule has 0 amide bonds. The van der Waals surface area contributed by atoms with Crippen molar-refractivity contribution in [1.82, 2.24) is 0 Å². The van der Waals surface area contributed by atoms with Crippen molar-refractivity contribution < 1.29 is 14.3 Å². The molecule has 1 aliphatic heterocycles. The maximum atomic E-state index is 12.1. The van der Waals surface area contributed by atoms with Crippen molar-refractivity contribution in [1.29, 1.82) is 0 Å². The van der Waals surface area contributed by atoms with Gasteiger partial charge < -0.3 is 4.74 Å². The number of rotatable bonds is 3. The molecule has 0 N–H and O–H groups in total. The van der Waals surface area contributed by atoms with Gasteiger partial charge in [-0.3, -0.25) is 9.59 Å². The minimum atomic E-state index is -1.01. The first-order valence-electron chi connectivity index (χ1n) is 6.98. The summed E-state index contributed by atoms with van der Waals surface area (Å²) in [5, 5.41) is 0. The standard InChI is InChI=1S/C18H16O3/c1-13(19)16-12-17(20)21-18(16,14-8-4-2-5-9-14)15-10-6-3-7-11-15/h2-11,16H,12H2,1H3. The van der Waals surface area contributed by atoms with Crippen molar-refractivity contribution >= 4 is 11.8 Å². The molecule has 1 aliphatic rings. The Morgan fingerprint density at radius 3 is 1.90 bits per heavy atom. The Kier molecular flexibility index (Phi) is 3.34. The summed E-state index contributed by atoms with van der Waals surface area (Å²) in [7, 11) is 0. The molecule has 21 heavy (non-hydrogen) atoms. The van der Waals surface area contributed by atoms with Crippen LogP contribution in [0.25, 0.3) is 0 Å². The third kappa shape index (κ3) is 2.15. The zero-order chi connectivity index (χ0) is 14.9. The molecule has 0 aliphatic carbocycles. The lowest BCUT2D eigenvalue weighted by molar-refractivity contribution is -0.147. The summed E-state index contributed by atoms with van der Waals surface area (Å²) in [6.45, 7) is 1.52. The predicted octanol–water partition coefficient (Wildman–Crippen LogP) is 3.08. The van der Waals surface area contributed by atoms with E-state index >= 15 is 0 Å². The van der Waals surface area contributed by atoms with Crippen LogP contribution >= 0.6 is 0 Å². The van der Waals surface area contributed by atoms with Gasteiger partial charge in [-0.25, -0.2) is 0 Å². The Morgan fingerprint density at radius 1 is 1.00 bits per heavy atom. The highest BCUT2D eigenvalue weighted by atomic mass is 16.6. The van der Waals surface area contributed by atoms with Crippen molar-refractivity contribution in [2.24, 2.45) is 5.92 Å². The number of carbonyl (C=O) groups is 2. The van der Waals surface area contributed by atoms with Crippen LogP contribution in [-0.4, -0.2) is 11.8 Å². The highest BCUT2D eigenvalue weighted by Crippen LogP contribution is 2.47. The average molecular weight is 280 g/mol. The fraction of sp³-hybridized carbons (Fsp3) is 0.222. The lowest BCUT2D eigenvalue weighted by Crippen LogP contribution is -2.37. The number of ether oxygens (including phenoxy) is 1. The van der Waals surface area contributed by atoms with Crippen molar-refractivity contribution in [2.45, 2.75) is 18.9 Å². The van der Waals surface area contributed by atoms with Gasteiger partial charge in [0.15, 0.2) is 5.60 Å². The maximum Gasteiger partial charge on any atom is 0.307 e. The van der Waals surface area contributed by atoms with Crippen molar-refractivity contribution in [3.63, 3.8) is 0 Å². The molecule has 2 aromatic rings. The molecule has 1 unspecified atom stereocenters. The second-order valence-corrected chi connectivity index (χ2v) is 5.31. The van der Waals surface area contributed by atoms with Crippen molar-refractivity contribution in [2.75, 3.05) is 0 Å². The zero-order valence-corrected chi connectivity index (χ0v) is 11.8. The Balaban J connectivity index is 2.25. The number of Topliss-reactive ketones (excluding diaryl/α,β-unsaturated/α-hetero) is 1. The molecule has 1 saturated heterocycles. The SMILES string of the molecule is CC(=O)C1CC(=O)OC1(c1ccccc1)c1ccccc1. The largest absolute Gasteiger partial charge is 0.448 e. The van der Waals surface area contributed by atoms with Gasteiger partial charge in [0.1, 0.15) is 5.78 Å². The molecule has 3 rings (SSSR count). The quantitative estimate of drug-likeness (QED) is 0.811. The lowest BCUT2D eigenvalue weighted by atomic mass is 9.74. The number of hydrogen-bond donors (Lipinski definition) is 0. The van der Waals surface area contributed by atoms with Gasteiger partial charge in [-0.15, -0.1) is 0 Å². The van der Waals surface area contributed by atoms with Crippen LogP contribution in [0.5, 0.6) is 0 Å². The molecular formula is C18H16O3. The van der Waals surface area contributed by atoms with E-state index in [1.54, 1.807) is 0 Å². The Morgan fingerprint density at radius 2 is 1.48 bits per heavy atom. The van der Waals surface area contributed by atoms with Gasteiger partial charge in [-0.1, -0.05) is 60.7 Å². The second-order valence-electron chi connectivity index (χ2n) is 5.31. The van der Waals surface area contributed by atoms with E-state index in [2.05, 4.69) is 0 Å². The van der Waals surface area contributed by atoms with Gasteiger partial charge in [0, 0.05) is 11.1 Å². The lowest BCUT2D eigenvalue weighted by Gasteiger charge is -2.33. The van der Waals surface area contributed by atoms with Crippen LogP contribution < -0.4 is 0 Å². The summed E-state index contributed by atoms with van der Waals surface area (Å²) in [5.41, 5.74) is 0.662. The first-order valence-corrected chi connectivity index (χ1v) is 6.98. The van der Waals surface area contributed by atoms with Crippen molar-refractivity contribution in [3.8, 4) is 0 Å². The third-order valence-electron chi connectivity index (χ3n) is 4.03. The fourth-order valence-electron chi connectivity index (χ4n) is 3.09. The molecular weight excluding hydrogens is 264 g/mol. The van der Waals surface area contributed by atoms with E-state index in [-0.39, 0.29) is 18.2 Å². The highest BCUT2D eigenvalue weighted by Gasteiger charge is 2.53. The summed E-state index contributed by atoms with van der Waals surface area (Å²) in [5.74, 6) is -0.855. The molecule has 0 spiro atoms. The van der Waals surface area contributed by atoms with Gasteiger partial charge in [-0.2, -0.15) is 0 Å². The maximum absolute atomic E-state index is 12.1. The summed E-state index contributed by atoms with van der Waals surface area (Å²) in [6, 6.07) is 19.0. The smallest absolute Gasteiger partial charge is 0.307 e. The summed E-state index contributed by atoms with van der Waals surface area (Å²) >= 11 is 0. The van der Waals surface area contributed by atoms with Gasteiger partial charge in [0.05, 0.1) is 12.3 Å². The van der Waals surface area contributed by atoms with E-state index in [4.69, 9.17) is 4.74 Å². The number of ketones is 1. The number of benzene rings is 2. The van der Waals surface area contributed by atoms with E-state index in [0.717, 1.165) is 11.1 Å². The number of hydrogen-bond acceptors (Lipinski definition) is 3. The predicted molar refractivity (Wildman–Crippen MR) is 78.5 cm³/mol. The second kappa shape index (κ2) is 5.17. The van der Waals surface area contributed by atoms with Crippen LogP contribution in [0.2, 0.25) is 0 Å². The van der Waals surface area contributed by atoms with E-state index in [1.165, 1.54) is 6.92 Å². The van der Waals surface area contributed by atoms with E-state index in [0.29, 0.717) is 0 Å². The number of cyclic esters (lactones) is 1. The number of esters is 1. The first kappa shape index (κ1) is 13.6. The van der Waals surface area contributed by atoms with E-state index in [1.807, 2.05) is 60.7 Å². The van der Waals surface area contributed by atoms with Crippen LogP contribution in [0.15, 0.2) is 60.7 Å².